The maximum atomic E-state index is 13.4. The highest BCUT2D eigenvalue weighted by Crippen LogP contribution is 2.28. The molecule has 0 spiro atoms. The van der Waals surface area contributed by atoms with Crippen molar-refractivity contribution in [1.29, 1.82) is 0 Å². The molecule has 0 radical (unpaired) electrons. The molecule has 2 aromatic heterocycles. The van der Waals surface area contributed by atoms with E-state index < -0.39 is 0 Å². The summed E-state index contributed by atoms with van der Waals surface area (Å²) in [6, 6.07) is 23.7. The second kappa shape index (κ2) is 8.90. The average Bonchev–Trinajstić information content (AvgIpc) is 3.23. The van der Waals surface area contributed by atoms with Gasteiger partial charge in [0.25, 0.3) is 5.91 Å². The molecule has 2 heterocycles. The molecule has 1 N–H and O–H groups in total. The lowest BCUT2D eigenvalue weighted by Crippen LogP contribution is -2.23. The fraction of sp³-hybridized carbons (Fsp3) is 0.107. The lowest BCUT2D eigenvalue weighted by molar-refractivity contribution is 0.0952. The van der Waals surface area contributed by atoms with Crippen molar-refractivity contribution in [2.24, 2.45) is 0 Å². The van der Waals surface area contributed by atoms with Crippen molar-refractivity contribution in [2.75, 3.05) is 0 Å². The van der Waals surface area contributed by atoms with Crippen molar-refractivity contribution in [3.63, 3.8) is 0 Å². The summed E-state index contributed by atoms with van der Waals surface area (Å²) in [6.45, 7) is 4.40. The largest absolute Gasteiger partial charge is 0.348 e. The van der Waals surface area contributed by atoms with Gasteiger partial charge in [0, 0.05) is 17.5 Å². The minimum absolute atomic E-state index is 0.162. The highest BCUT2D eigenvalue weighted by atomic mass is 19.1. The topological polar surface area (TPSA) is 59.8 Å². The van der Waals surface area contributed by atoms with Crippen LogP contribution in [0.3, 0.4) is 0 Å². The number of hydrogen-bond donors (Lipinski definition) is 1. The van der Waals surface area contributed by atoms with Crippen LogP contribution in [0.5, 0.6) is 0 Å². The van der Waals surface area contributed by atoms with Crippen LogP contribution in [0.1, 0.15) is 27.2 Å². The van der Waals surface area contributed by atoms with Crippen LogP contribution in [0.25, 0.3) is 27.8 Å². The molecule has 5 rings (SSSR count). The zero-order valence-corrected chi connectivity index (χ0v) is 18.9. The number of amides is 1. The van der Waals surface area contributed by atoms with E-state index in [4.69, 9.17) is 4.98 Å². The number of pyridine rings is 1. The third-order valence-corrected chi connectivity index (χ3v) is 5.85. The highest BCUT2D eigenvalue weighted by molar-refractivity contribution is 6.07. The maximum absolute atomic E-state index is 13.4. The summed E-state index contributed by atoms with van der Waals surface area (Å²) in [5.41, 5.74) is 6.55. The van der Waals surface area contributed by atoms with Gasteiger partial charge in [-0.05, 0) is 55.8 Å². The number of hydrogen-bond acceptors (Lipinski definition) is 3. The number of rotatable bonds is 5. The zero-order chi connectivity index (χ0) is 23.7. The molecule has 0 aliphatic heterocycles. The van der Waals surface area contributed by atoms with Crippen LogP contribution in [0.15, 0.2) is 85.1 Å². The molecule has 168 valence electrons. The zero-order valence-electron chi connectivity index (χ0n) is 18.9. The first-order chi connectivity index (χ1) is 16.5. The first-order valence-corrected chi connectivity index (χ1v) is 11.0. The van der Waals surface area contributed by atoms with E-state index in [-0.39, 0.29) is 11.7 Å². The number of aryl methyl sites for hydroxylation is 1. The molecule has 0 atom stereocenters. The molecule has 0 fully saturated rings. The number of fused-ring (bicyclic) bond motifs is 1. The minimum Gasteiger partial charge on any atom is -0.348 e. The number of para-hydroxylation sites is 1. The Balaban J connectivity index is 1.52. The number of carbonyl (C=O) groups is 1. The smallest absolute Gasteiger partial charge is 0.252 e. The van der Waals surface area contributed by atoms with Crippen LogP contribution < -0.4 is 5.32 Å². The van der Waals surface area contributed by atoms with Crippen molar-refractivity contribution in [3.8, 4) is 16.9 Å². The van der Waals surface area contributed by atoms with E-state index in [1.54, 1.807) is 23.0 Å². The summed E-state index contributed by atoms with van der Waals surface area (Å²) in [4.78, 5) is 18.1. The van der Waals surface area contributed by atoms with Crippen molar-refractivity contribution >= 4 is 16.8 Å². The Morgan fingerprint density at radius 3 is 2.56 bits per heavy atom. The molecule has 0 unspecified atom stereocenters. The molecule has 1 amide bonds. The van der Waals surface area contributed by atoms with Gasteiger partial charge in [0.2, 0.25) is 0 Å². The molecule has 3 aromatic carbocycles. The Morgan fingerprint density at radius 2 is 1.76 bits per heavy atom. The number of nitrogens with zero attached hydrogens (tertiary/aromatic N) is 3. The van der Waals surface area contributed by atoms with Crippen LogP contribution in [0.2, 0.25) is 0 Å². The molecule has 0 saturated heterocycles. The summed E-state index contributed by atoms with van der Waals surface area (Å²) >= 11 is 0. The fourth-order valence-electron chi connectivity index (χ4n) is 4.10. The Labute approximate surface area is 196 Å². The molecular formula is C28H23FN4O. The lowest BCUT2D eigenvalue weighted by Gasteiger charge is -2.11. The first kappa shape index (κ1) is 21.5. The SMILES string of the molecule is Cc1cccc(CNC(=O)c2cc(-c3cnn(-c4ccc(F)cc4)c3C)nc3ccccc23)c1. The van der Waals surface area contributed by atoms with Crippen molar-refractivity contribution in [2.45, 2.75) is 20.4 Å². The van der Waals surface area contributed by atoms with E-state index in [1.165, 1.54) is 12.1 Å². The van der Waals surface area contributed by atoms with Gasteiger partial charge in [-0.2, -0.15) is 5.10 Å². The number of nitrogens with one attached hydrogen (secondary N) is 1. The molecule has 0 bridgehead atoms. The Kier molecular flexibility index (Phi) is 5.64. The summed E-state index contributed by atoms with van der Waals surface area (Å²) in [7, 11) is 0. The number of carbonyl (C=O) groups excluding carboxylic acids is 1. The standard InChI is InChI=1S/C28H23FN4O/c1-18-6-5-7-20(14-18)16-30-28(34)24-15-27(32-26-9-4-3-8-23(24)26)25-17-31-33(19(25)2)22-12-10-21(29)11-13-22/h3-15,17H,16H2,1-2H3,(H,30,34). The van der Waals surface area contributed by atoms with Gasteiger partial charge in [-0.25, -0.2) is 14.1 Å². The number of halogens is 1. The van der Waals surface area contributed by atoms with Crippen LogP contribution in [-0.4, -0.2) is 20.7 Å². The van der Waals surface area contributed by atoms with Crippen molar-refractivity contribution in [1.82, 2.24) is 20.1 Å². The monoisotopic (exact) mass is 450 g/mol. The first-order valence-electron chi connectivity index (χ1n) is 11.0. The summed E-state index contributed by atoms with van der Waals surface area (Å²) in [5.74, 6) is -0.462. The predicted octanol–water partition coefficient (Wildman–Crippen LogP) is 5.77. The number of benzene rings is 3. The normalized spacial score (nSPS) is 11.0. The second-order valence-corrected chi connectivity index (χ2v) is 8.28. The van der Waals surface area contributed by atoms with Gasteiger partial charge in [0.05, 0.1) is 34.4 Å². The molecular weight excluding hydrogens is 427 g/mol. The minimum atomic E-state index is -0.300. The highest BCUT2D eigenvalue weighted by Gasteiger charge is 2.17. The van der Waals surface area contributed by atoms with Gasteiger partial charge in [0.15, 0.2) is 0 Å². The van der Waals surface area contributed by atoms with Gasteiger partial charge in [-0.1, -0.05) is 48.0 Å². The van der Waals surface area contributed by atoms with Crippen LogP contribution in [0, 0.1) is 19.7 Å². The van der Waals surface area contributed by atoms with Gasteiger partial charge in [-0.15, -0.1) is 0 Å². The van der Waals surface area contributed by atoms with Gasteiger partial charge < -0.3 is 5.32 Å². The second-order valence-electron chi connectivity index (χ2n) is 8.28. The predicted molar refractivity (Wildman–Crippen MR) is 131 cm³/mol. The summed E-state index contributed by atoms with van der Waals surface area (Å²) in [6.07, 6.45) is 1.73. The van der Waals surface area contributed by atoms with E-state index in [1.807, 2.05) is 62.4 Å². The van der Waals surface area contributed by atoms with Gasteiger partial charge in [-0.3, -0.25) is 4.79 Å². The van der Waals surface area contributed by atoms with Crippen molar-refractivity contribution in [3.05, 3.63) is 113 Å². The van der Waals surface area contributed by atoms with E-state index in [0.29, 0.717) is 17.8 Å². The van der Waals surface area contributed by atoms with Crippen LogP contribution in [0.4, 0.5) is 4.39 Å². The molecule has 5 nitrogen and oxygen atoms in total. The third kappa shape index (κ3) is 4.18. The third-order valence-electron chi connectivity index (χ3n) is 5.85. The number of aromatic nitrogens is 3. The Morgan fingerprint density at radius 1 is 0.971 bits per heavy atom. The lowest BCUT2D eigenvalue weighted by atomic mass is 10.0. The molecule has 0 saturated carbocycles. The summed E-state index contributed by atoms with van der Waals surface area (Å²) < 4.78 is 15.1. The van der Waals surface area contributed by atoms with Crippen LogP contribution in [-0.2, 0) is 6.54 Å². The van der Waals surface area contributed by atoms with Crippen molar-refractivity contribution < 1.29 is 9.18 Å². The molecule has 0 aliphatic rings. The van der Waals surface area contributed by atoms with Gasteiger partial charge in [0.1, 0.15) is 5.82 Å². The molecule has 6 heteroatoms. The molecule has 0 aliphatic carbocycles. The molecule has 5 aromatic rings. The quantitative estimate of drug-likeness (QED) is 0.370. The summed E-state index contributed by atoms with van der Waals surface area (Å²) in [5, 5.41) is 8.31. The van der Waals surface area contributed by atoms with E-state index in [2.05, 4.69) is 16.5 Å². The van der Waals surface area contributed by atoms with E-state index in [9.17, 15) is 9.18 Å². The average molecular weight is 451 g/mol. The Hall–Kier alpha value is -4.32. The fourth-order valence-corrected chi connectivity index (χ4v) is 4.10. The maximum Gasteiger partial charge on any atom is 0.252 e. The molecule has 34 heavy (non-hydrogen) atoms. The van der Waals surface area contributed by atoms with Gasteiger partial charge >= 0.3 is 0 Å². The van der Waals surface area contributed by atoms with Crippen LogP contribution >= 0.6 is 0 Å². The van der Waals surface area contributed by atoms with E-state index in [0.717, 1.165) is 39.0 Å². The Bertz CT molecular complexity index is 1510. The van der Waals surface area contributed by atoms with E-state index >= 15 is 0 Å².